The third kappa shape index (κ3) is 5.50. The van der Waals surface area contributed by atoms with E-state index in [0.717, 1.165) is 5.56 Å². The highest BCUT2D eigenvalue weighted by Crippen LogP contribution is 2.21. The molecule has 0 aliphatic carbocycles. The van der Waals surface area contributed by atoms with Crippen LogP contribution in [0.4, 0.5) is 4.79 Å². The van der Waals surface area contributed by atoms with E-state index in [1.54, 1.807) is 29.2 Å². The quantitative estimate of drug-likeness (QED) is 0.616. The summed E-state index contributed by atoms with van der Waals surface area (Å²) in [5.74, 6) is 5.80. The molecule has 1 aromatic rings. The Balaban J connectivity index is 1.96. The van der Waals surface area contributed by atoms with Gasteiger partial charge in [-0.2, -0.15) is 0 Å². The molecule has 2 N–H and O–H groups in total. The molecule has 140 valence electrons. The molecule has 1 saturated heterocycles. The summed E-state index contributed by atoms with van der Waals surface area (Å²) in [6.45, 7) is 6.57. The molecule has 0 unspecified atom stereocenters. The summed E-state index contributed by atoms with van der Waals surface area (Å²) in [5, 5.41) is 0. The number of esters is 1. The number of methoxy groups -OCH3 is 1. The van der Waals surface area contributed by atoms with Crippen molar-refractivity contribution in [3.8, 4) is 11.8 Å². The molecule has 6 nitrogen and oxygen atoms in total. The number of nitrogens with zero attached hydrogens (tertiary/aromatic N) is 1. The van der Waals surface area contributed by atoms with E-state index in [-0.39, 0.29) is 12.1 Å². The van der Waals surface area contributed by atoms with Crippen LogP contribution in [0.1, 0.15) is 49.5 Å². The first-order chi connectivity index (χ1) is 12.1. The summed E-state index contributed by atoms with van der Waals surface area (Å²) >= 11 is 0. The molecule has 26 heavy (non-hydrogen) atoms. The van der Waals surface area contributed by atoms with Crippen molar-refractivity contribution in [2.24, 2.45) is 5.73 Å². The molecule has 0 bridgehead atoms. The lowest BCUT2D eigenvalue weighted by atomic mass is 9.89. The lowest BCUT2D eigenvalue weighted by Gasteiger charge is -2.36. The topological polar surface area (TPSA) is 81.9 Å². The standard InChI is InChI=1S/C20H26N2O4/c1-19(2,3)26-18(24)22-13-11-20(21,12-14-22)10-9-15-5-7-16(8-6-15)17(23)25-4/h5-8H,11-14,21H2,1-4H3. The largest absolute Gasteiger partial charge is 0.465 e. The highest BCUT2D eigenvalue weighted by molar-refractivity contribution is 5.89. The van der Waals surface area contributed by atoms with Gasteiger partial charge in [-0.1, -0.05) is 11.8 Å². The molecule has 1 aliphatic rings. The maximum absolute atomic E-state index is 12.1. The zero-order chi connectivity index (χ0) is 19.4. The number of amides is 1. The smallest absolute Gasteiger partial charge is 0.410 e. The Bertz CT molecular complexity index is 715. The van der Waals surface area contributed by atoms with Crippen LogP contribution in [0.3, 0.4) is 0 Å². The first-order valence-corrected chi connectivity index (χ1v) is 8.60. The van der Waals surface area contributed by atoms with Gasteiger partial charge in [-0.3, -0.25) is 0 Å². The SMILES string of the molecule is COC(=O)c1ccc(C#CC2(N)CCN(C(=O)OC(C)(C)C)CC2)cc1. The number of piperidine rings is 1. The monoisotopic (exact) mass is 358 g/mol. The second-order valence-electron chi connectivity index (χ2n) is 7.44. The van der Waals surface area contributed by atoms with Crippen LogP contribution >= 0.6 is 0 Å². The van der Waals surface area contributed by atoms with Gasteiger partial charge in [0.15, 0.2) is 0 Å². The van der Waals surface area contributed by atoms with Crippen LogP contribution in [0, 0.1) is 11.8 Å². The van der Waals surface area contributed by atoms with Crippen LogP contribution < -0.4 is 5.73 Å². The van der Waals surface area contributed by atoms with E-state index in [4.69, 9.17) is 10.5 Å². The molecule has 0 radical (unpaired) electrons. The summed E-state index contributed by atoms with van der Waals surface area (Å²) in [6.07, 6.45) is 0.852. The highest BCUT2D eigenvalue weighted by Gasteiger charge is 2.32. The van der Waals surface area contributed by atoms with Crippen LogP contribution in [0.5, 0.6) is 0 Å². The van der Waals surface area contributed by atoms with E-state index < -0.39 is 11.1 Å². The number of ether oxygens (including phenoxy) is 2. The van der Waals surface area contributed by atoms with Crippen LogP contribution in [0.15, 0.2) is 24.3 Å². The third-order valence-electron chi connectivity index (χ3n) is 4.07. The zero-order valence-corrected chi connectivity index (χ0v) is 15.8. The number of carbonyl (C=O) groups excluding carboxylic acids is 2. The lowest BCUT2D eigenvalue weighted by Crippen LogP contribution is -2.51. The fraction of sp³-hybridized carbons (Fsp3) is 0.500. The average Bonchev–Trinajstić information content (AvgIpc) is 2.59. The second kappa shape index (κ2) is 7.79. The fourth-order valence-corrected chi connectivity index (χ4v) is 2.54. The molecule has 6 heteroatoms. The minimum Gasteiger partial charge on any atom is -0.465 e. The van der Waals surface area contributed by atoms with Crippen molar-refractivity contribution < 1.29 is 19.1 Å². The van der Waals surface area contributed by atoms with Crippen LogP contribution in [-0.2, 0) is 9.47 Å². The molecule has 2 rings (SSSR count). The zero-order valence-electron chi connectivity index (χ0n) is 15.8. The van der Waals surface area contributed by atoms with Crippen LogP contribution in [0.25, 0.3) is 0 Å². The van der Waals surface area contributed by atoms with Gasteiger partial charge in [0.05, 0.1) is 18.2 Å². The summed E-state index contributed by atoms with van der Waals surface area (Å²) in [4.78, 5) is 25.2. The molecule has 1 aromatic carbocycles. The Labute approximate surface area is 154 Å². The van der Waals surface area contributed by atoms with Crippen LogP contribution in [-0.4, -0.2) is 48.3 Å². The first-order valence-electron chi connectivity index (χ1n) is 8.60. The molecule has 1 aliphatic heterocycles. The lowest BCUT2D eigenvalue weighted by molar-refractivity contribution is 0.0189. The van der Waals surface area contributed by atoms with E-state index in [0.29, 0.717) is 31.5 Å². The van der Waals surface area contributed by atoms with Gasteiger partial charge in [-0.05, 0) is 57.9 Å². The van der Waals surface area contributed by atoms with Crippen molar-refractivity contribution >= 4 is 12.1 Å². The highest BCUT2D eigenvalue weighted by atomic mass is 16.6. The van der Waals surface area contributed by atoms with Gasteiger partial charge in [0, 0.05) is 18.7 Å². The Kier molecular flexibility index (Phi) is 5.94. The van der Waals surface area contributed by atoms with Crippen molar-refractivity contribution in [3.05, 3.63) is 35.4 Å². The van der Waals surface area contributed by atoms with Gasteiger partial charge >= 0.3 is 12.1 Å². The molecule has 0 aromatic heterocycles. The molecule has 0 saturated carbocycles. The van der Waals surface area contributed by atoms with Gasteiger partial charge in [0.1, 0.15) is 5.60 Å². The van der Waals surface area contributed by atoms with Crippen molar-refractivity contribution in [2.45, 2.75) is 44.8 Å². The Morgan fingerprint density at radius 3 is 2.23 bits per heavy atom. The predicted molar refractivity (Wildman–Crippen MR) is 98.6 cm³/mol. The number of benzene rings is 1. The van der Waals surface area contributed by atoms with E-state index in [9.17, 15) is 9.59 Å². The minimum atomic E-state index is -0.639. The molecular weight excluding hydrogens is 332 g/mol. The predicted octanol–water partition coefficient (Wildman–Crippen LogP) is 2.55. The maximum atomic E-state index is 12.1. The average molecular weight is 358 g/mol. The molecule has 1 heterocycles. The summed E-state index contributed by atoms with van der Waals surface area (Å²) in [5.41, 5.74) is 6.47. The number of rotatable bonds is 1. The van der Waals surface area contributed by atoms with Crippen molar-refractivity contribution in [3.63, 3.8) is 0 Å². The molecule has 0 atom stereocenters. The van der Waals surface area contributed by atoms with Crippen molar-refractivity contribution in [1.82, 2.24) is 4.90 Å². The summed E-state index contributed by atoms with van der Waals surface area (Å²) < 4.78 is 10.1. The Hall–Kier alpha value is -2.52. The third-order valence-corrected chi connectivity index (χ3v) is 4.07. The van der Waals surface area contributed by atoms with Gasteiger partial charge in [-0.25, -0.2) is 9.59 Å². The van der Waals surface area contributed by atoms with E-state index in [1.807, 2.05) is 20.8 Å². The second-order valence-corrected chi connectivity index (χ2v) is 7.44. The van der Waals surface area contributed by atoms with Gasteiger partial charge < -0.3 is 20.1 Å². The fourth-order valence-electron chi connectivity index (χ4n) is 2.54. The molecule has 1 amide bonds. The number of carbonyl (C=O) groups is 2. The van der Waals surface area contributed by atoms with Crippen molar-refractivity contribution in [2.75, 3.05) is 20.2 Å². The maximum Gasteiger partial charge on any atom is 0.410 e. The van der Waals surface area contributed by atoms with Gasteiger partial charge in [-0.15, -0.1) is 0 Å². The van der Waals surface area contributed by atoms with Gasteiger partial charge in [0.25, 0.3) is 0 Å². The van der Waals surface area contributed by atoms with E-state index in [2.05, 4.69) is 16.6 Å². The first kappa shape index (κ1) is 19.8. The molecular formula is C20H26N2O4. The Morgan fingerprint density at radius 2 is 1.73 bits per heavy atom. The number of hydrogen-bond acceptors (Lipinski definition) is 5. The normalized spacial score (nSPS) is 16.3. The number of nitrogens with two attached hydrogens (primary N) is 1. The molecule has 0 spiro atoms. The summed E-state index contributed by atoms with van der Waals surface area (Å²) in [6, 6.07) is 6.87. The van der Waals surface area contributed by atoms with E-state index in [1.165, 1.54) is 7.11 Å². The number of likely N-dealkylation sites (tertiary alicyclic amines) is 1. The Morgan fingerprint density at radius 1 is 1.15 bits per heavy atom. The number of hydrogen-bond donors (Lipinski definition) is 1. The van der Waals surface area contributed by atoms with Crippen molar-refractivity contribution in [1.29, 1.82) is 0 Å². The molecule has 1 fully saturated rings. The minimum absolute atomic E-state index is 0.314. The van der Waals surface area contributed by atoms with Crippen LogP contribution in [0.2, 0.25) is 0 Å². The van der Waals surface area contributed by atoms with E-state index >= 15 is 0 Å². The summed E-state index contributed by atoms with van der Waals surface area (Å²) in [7, 11) is 1.35. The van der Waals surface area contributed by atoms with Gasteiger partial charge in [0.2, 0.25) is 0 Å².